The Labute approximate surface area is 123 Å². The summed E-state index contributed by atoms with van der Waals surface area (Å²) in [5.74, 6) is 0. The maximum absolute atomic E-state index is 12.4. The van der Waals surface area contributed by atoms with Crippen molar-refractivity contribution >= 4 is 17.6 Å². The van der Waals surface area contributed by atoms with E-state index in [9.17, 15) is 23.3 Å². The van der Waals surface area contributed by atoms with Gasteiger partial charge < -0.3 is 0 Å². The maximum atomic E-state index is 12.4. The van der Waals surface area contributed by atoms with E-state index in [1.165, 1.54) is 36.5 Å². The molecule has 0 atom stereocenters. The molecule has 0 amide bonds. The Morgan fingerprint density at radius 2 is 1.73 bits per heavy atom. The molecule has 0 radical (unpaired) electrons. The van der Waals surface area contributed by atoms with Crippen LogP contribution in [-0.4, -0.2) is 11.1 Å². The third-order valence-corrected chi connectivity index (χ3v) is 2.74. The maximum Gasteiger partial charge on any atom is 0.416 e. The lowest BCUT2D eigenvalue weighted by Gasteiger charge is -2.05. The fraction of sp³-hybridized carbons (Fsp3) is 0.0714. The average Bonchev–Trinajstić information content (AvgIpc) is 2.47. The highest BCUT2D eigenvalue weighted by atomic mass is 19.4. The fourth-order valence-electron chi connectivity index (χ4n) is 1.66. The summed E-state index contributed by atoms with van der Waals surface area (Å²) in [7, 11) is 0. The van der Waals surface area contributed by atoms with Crippen molar-refractivity contribution in [3.05, 3.63) is 69.8 Å². The van der Waals surface area contributed by atoms with E-state index in [4.69, 9.17) is 0 Å². The molecule has 0 spiro atoms. The molecule has 22 heavy (non-hydrogen) atoms. The van der Waals surface area contributed by atoms with Crippen molar-refractivity contribution < 1.29 is 18.1 Å². The summed E-state index contributed by atoms with van der Waals surface area (Å²) in [6.45, 7) is 0. The monoisotopic (exact) mass is 309 g/mol. The van der Waals surface area contributed by atoms with Crippen molar-refractivity contribution in [3.63, 3.8) is 0 Å². The lowest BCUT2D eigenvalue weighted by molar-refractivity contribution is -0.384. The van der Waals surface area contributed by atoms with Crippen LogP contribution in [-0.2, 0) is 6.18 Å². The summed E-state index contributed by atoms with van der Waals surface area (Å²) in [6, 6.07) is 10.3. The Kier molecular flexibility index (Phi) is 4.40. The van der Waals surface area contributed by atoms with Gasteiger partial charge in [-0.15, -0.1) is 0 Å². The first kappa shape index (κ1) is 15.5. The van der Waals surface area contributed by atoms with Gasteiger partial charge >= 0.3 is 6.18 Å². The molecule has 0 aliphatic carbocycles. The zero-order valence-corrected chi connectivity index (χ0v) is 11.0. The minimum Gasteiger partial charge on any atom is -0.272 e. The van der Waals surface area contributed by atoms with Crippen LogP contribution in [0.4, 0.5) is 24.5 Å². The molecule has 114 valence electrons. The van der Waals surface area contributed by atoms with Gasteiger partial charge in [-0.1, -0.05) is 24.3 Å². The van der Waals surface area contributed by atoms with Crippen molar-refractivity contribution in [2.75, 3.05) is 5.43 Å². The minimum atomic E-state index is -4.39. The molecule has 0 saturated heterocycles. The highest BCUT2D eigenvalue weighted by Gasteiger charge is 2.29. The number of nitrogens with zero attached hydrogens (tertiary/aromatic N) is 2. The van der Waals surface area contributed by atoms with Crippen molar-refractivity contribution in [2.24, 2.45) is 5.10 Å². The molecule has 0 saturated carbocycles. The first-order valence-electron chi connectivity index (χ1n) is 6.07. The summed E-state index contributed by atoms with van der Waals surface area (Å²) in [6.07, 6.45) is -3.12. The number of hydrazone groups is 1. The van der Waals surface area contributed by atoms with E-state index < -0.39 is 16.7 Å². The van der Waals surface area contributed by atoms with Gasteiger partial charge in [-0.05, 0) is 23.8 Å². The van der Waals surface area contributed by atoms with Gasteiger partial charge in [0.25, 0.3) is 5.69 Å². The highest BCUT2D eigenvalue weighted by Crippen LogP contribution is 2.29. The van der Waals surface area contributed by atoms with Crippen molar-refractivity contribution in [2.45, 2.75) is 6.18 Å². The molecular formula is C14H10F3N3O2. The van der Waals surface area contributed by atoms with Crippen molar-refractivity contribution in [1.82, 2.24) is 0 Å². The Morgan fingerprint density at radius 1 is 1.09 bits per heavy atom. The summed E-state index contributed by atoms with van der Waals surface area (Å²) >= 11 is 0. The highest BCUT2D eigenvalue weighted by molar-refractivity contribution is 5.80. The van der Waals surface area contributed by atoms with Gasteiger partial charge in [0.2, 0.25) is 0 Å². The van der Waals surface area contributed by atoms with Crippen LogP contribution in [0.15, 0.2) is 53.6 Å². The van der Waals surface area contributed by atoms with Crippen molar-refractivity contribution in [1.29, 1.82) is 0 Å². The van der Waals surface area contributed by atoms with Crippen LogP contribution >= 0.6 is 0 Å². The Bertz CT molecular complexity index is 697. The largest absolute Gasteiger partial charge is 0.416 e. The molecule has 0 bridgehead atoms. The summed E-state index contributed by atoms with van der Waals surface area (Å²) in [5.41, 5.74) is 2.21. The Morgan fingerprint density at radius 3 is 2.32 bits per heavy atom. The van der Waals surface area contributed by atoms with Gasteiger partial charge in [0.05, 0.1) is 16.7 Å². The molecule has 0 fully saturated rings. The lowest BCUT2D eigenvalue weighted by Crippen LogP contribution is -2.04. The molecule has 5 nitrogen and oxygen atoms in total. The van der Waals surface area contributed by atoms with Gasteiger partial charge in [0.1, 0.15) is 5.69 Å². The number of hydrogen-bond acceptors (Lipinski definition) is 4. The molecule has 0 aromatic heterocycles. The van der Waals surface area contributed by atoms with Gasteiger partial charge in [0.15, 0.2) is 0 Å². The van der Waals surface area contributed by atoms with Crippen LogP contribution < -0.4 is 5.43 Å². The summed E-state index contributed by atoms with van der Waals surface area (Å²) < 4.78 is 37.2. The zero-order chi connectivity index (χ0) is 16.2. The number of benzene rings is 2. The summed E-state index contributed by atoms with van der Waals surface area (Å²) in [5, 5.41) is 14.6. The first-order valence-corrected chi connectivity index (χ1v) is 6.07. The molecule has 2 rings (SSSR count). The molecule has 0 heterocycles. The summed E-state index contributed by atoms with van der Waals surface area (Å²) in [4.78, 5) is 10.2. The van der Waals surface area contributed by atoms with E-state index in [2.05, 4.69) is 10.5 Å². The smallest absolute Gasteiger partial charge is 0.272 e. The number of halogens is 3. The van der Waals surface area contributed by atoms with E-state index in [1.54, 1.807) is 6.07 Å². The van der Waals surface area contributed by atoms with Crippen LogP contribution in [0.1, 0.15) is 11.1 Å². The number of anilines is 1. The van der Waals surface area contributed by atoms with Crippen LogP contribution in [0.5, 0.6) is 0 Å². The van der Waals surface area contributed by atoms with E-state index in [1.807, 2.05) is 0 Å². The van der Waals surface area contributed by atoms with Crippen LogP contribution in [0, 0.1) is 10.1 Å². The lowest BCUT2D eigenvalue weighted by atomic mass is 10.1. The number of nitro benzene ring substituents is 1. The van der Waals surface area contributed by atoms with Gasteiger partial charge in [-0.25, -0.2) is 0 Å². The van der Waals surface area contributed by atoms with Gasteiger partial charge in [0, 0.05) is 6.07 Å². The molecule has 8 heteroatoms. The third kappa shape index (κ3) is 3.81. The van der Waals surface area contributed by atoms with Crippen LogP contribution in [0.2, 0.25) is 0 Å². The second-order valence-electron chi connectivity index (χ2n) is 4.26. The predicted octanol–water partition coefficient (Wildman–Crippen LogP) is 4.06. The number of rotatable bonds is 4. The number of para-hydroxylation sites is 2. The van der Waals surface area contributed by atoms with E-state index >= 15 is 0 Å². The Balaban J connectivity index is 2.09. The predicted molar refractivity (Wildman–Crippen MR) is 75.8 cm³/mol. The number of nitro groups is 1. The van der Waals surface area contributed by atoms with Crippen LogP contribution in [0.3, 0.4) is 0 Å². The van der Waals surface area contributed by atoms with E-state index in [0.29, 0.717) is 5.56 Å². The quantitative estimate of drug-likeness (QED) is 0.526. The number of alkyl halides is 3. The average molecular weight is 309 g/mol. The molecule has 2 aromatic carbocycles. The van der Waals surface area contributed by atoms with E-state index in [-0.39, 0.29) is 11.4 Å². The molecule has 1 N–H and O–H groups in total. The SMILES string of the molecule is O=[N+]([O-])c1ccccc1N/N=C\c1ccc(C(F)(F)F)cc1. The minimum absolute atomic E-state index is 0.146. The second kappa shape index (κ2) is 6.25. The number of hydrogen-bond donors (Lipinski definition) is 1. The van der Waals surface area contributed by atoms with Crippen LogP contribution in [0.25, 0.3) is 0 Å². The van der Waals surface area contributed by atoms with E-state index in [0.717, 1.165) is 12.1 Å². The normalized spacial score (nSPS) is 11.6. The Hall–Kier alpha value is -2.90. The van der Waals surface area contributed by atoms with Gasteiger partial charge in [-0.2, -0.15) is 18.3 Å². The molecular weight excluding hydrogens is 299 g/mol. The fourth-order valence-corrected chi connectivity index (χ4v) is 1.66. The topological polar surface area (TPSA) is 67.5 Å². The van der Waals surface area contributed by atoms with Gasteiger partial charge in [-0.3, -0.25) is 15.5 Å². The first-order chi connectivity index (χ1) is 10.4. The standard InChI is InChI=1S/C14H10F3N3O2/c15-14(16,17)11-7-5-10(6-8-11)9-18-19-12-3-1-2-4-13(12)20(21)22/h1-9,19H/b18-9-. The molecule has 0 aliphatic heterocycles. The second-order valence-corrected chi connectivity index (χ2v) is 4.26. The van der Waals surface area contributed by atoms with Crippen molar-refractivity contribution in [3.8, 4) is 0 Å². The molecule has 0 aliphatic rings. The number of nitrogens with one attached hydrogen (secondary N) is 1. The zero-order valence-electron chi connectivity index (χ0n) is 11.0. The molecule has 0 unspecified atom stereocenters. The third-order valence-electron chi connectivity index (χ3n) is 2.74. The molecule has 2 aromatic rings.